The highest BCUT2D eigenvalue weighted by atomic mass is 35.5. The van der Waals surface area contributed by atoms with E-state index in [1.165, 1.54) is 24.9 Å². The van der Waals surface area contributed by atoms with Crippen molar-refractivity contribution in [1.82, 2.24) is 15.3 Å². The summed E-state index contributed by atoms with van der Waals surface area (Å²) < 4.78 is 30.8. The monoisotopic (exact) mass is 494 g/mol. The lowest BCUT2D eigenvalue weighted by Gasteiger charge is -2.68. The molecule has 34 heavy (non-hydrogen) atoms. The van der Waals surface area contributed by atoms with E-state index in [9.17, 15) is 9.65 Å². The van der Waals surface area contributed by atoms with Gasteiger partial charge >= 0.3 is 0 Å². The van der Waals surface area contributed by atoms with Crippen molar-refractivity contribution in [2.24, 2.45) is 5.41 Å². The Morgan fingerprint density at radius 3 is 2.91 bits per heavy atom. The molecule has 1 saturated carbocycles. The van der Waals surface area contributed by atoms with Crippen molar-refractivity contribution in [3.8, 4) is 17.2 Å². The third-order valence-electron chi connectivity index (χ3n) is 7.92. The number of anilines is 2. The van der Waals surface area contributed by atoms with Gasteiger partial charge in [0.2, 0.25) is 0 Å². The van der Waals surface area contributed by atoms with Crippen LogP contribution in [0.15, 0.2) is 24.5 Å². The van der Waals surface area contributed by atoms with Crippen LogP contribution in [0.3, 0.4) is 0 Å². The number of benzene rings is 2. The number of hydrogen-bond acceptors (Lipinski definition) is 7. The Labute approximate surface area is 202 Å². The number of nitrogens with two attached hydrogens (primary N) is 1. The second-order valence-electron chi connectivity index (χ2n) is 9.23. The molecule has 4 aromatic rings. The standard InChI is InChI=1S/C24H17ClF2N6S/c25-13-5-11-20(31-9-32-23(11)33-15-3-4-24(15)8-30-7-16(24)33)19(27)18(13)10-1-2-14(26)21-17(10)12(6-28)22(29)34-21/h1-2,5,9,15-16,30H,3-4,7-8,29H2. The van der Waals surface area contributed by atoms with Gasteiger partial charge in [0.1, 0.15) is 34.5 Å². The van der Waals surface area contributed by atoms with Crippen LogP contribution in [0, 0.1) is 28.4 Å². The summed E-state index contributed by atoms with van der Waals surface area (Å²) in [4.78, 5) is 11.1. The van der Waals surface area contributed by atoms with Crippen molar-refractivity contribution in [2.45, 2.75) is 24.9 Å². The predicted molar refractivity (Wildman–Crippen MR) is 129 cm³/mol. The third-order valence-corrected chi connectivity index (χ3v) is 9.24. The van der Waals surface area contributed by atoms with E-state index < -0.39 is 11.6 Å². The molecule has 1 spiro atoms. The van der Waals surface area contributed by atoms with Crippen LogP contribution >= 0.6 is 22.9 Å². The molecule has 0 amide bonds. The van der Waals surface area contributed by atoms with Gasteiger partial charge in [-0.05, 0) is 30.5 Å². The van der Waals surface area contributed by atoms with Crippen molar-refractivity contribution in [3.05, 3.63) is 46.7 Å². The molecule has 3 fully saturated rings. The van der Waals surface area contributed by atoms with Gasteiger partial charge in [0.15, 0.2) is 5.82 Å². The van der Waals surface area contributed by atoms with Gasteiger partial charge in [-0.1, -0.05) is 17.7 Å². The molecule has 0 radical (unpaired) electrons. The Balaban J connectivity index is 1.46. The van der Waals surface area contributed by atoms with Gasteiger partial charge in [0, 0.05) is 40.9 Å². The van der Waals surface area contributed by atoms with Crippen LogP contribution in [-0.2, 0) is 0 Å². The van der Waals surface area contributed by atoms with Crippen LogP contribution in [0.4, 0.5) is 19.6 Å². The van der Waals surface area contributed by atoms with Gasteiger partial charge in [-0.3, -0.25) is 0 Å². The number of nitrogens with zero attached hydrogens (tertiary/aromatic N) is 4. The Hall–Kier alpha value is -3.06. The first-order valence-electron chi connectivity index (χ1n) is 11.0. The highest BCUT2D eigenvalue weighted by molar-refractivity contribution is 7.23. The van der Waals surface area contributed by atoms with E-state index in [4.69, 9.17) is 17.3 Å². The predicted octanol–water partition coefficient (Wildman–Crippen LogP) is 4.84. The lowest BCUT2D eigenvalue weighted by Crippen LogP contribution is -2.77. The molecule has 2 aromatic carbocycles. The molecule has 6 nitrogen and oxygen atoms in total. The minimum absolute atomic E-state index is 0.0715. The molecule has 7 rings (SSSR count). The molecule has 4 heterocycles. The van der Waals surface area contributed by atoms with Gasteiger partial charge < -0.3 is 16.0 Å². The van der Waals surface area contributed by atoms with Crippen LogP contribution in [0.2, 0.25) is 5.02 Å². The number of halogens is 3. The van der Waals surface area contributed by atoms with Gasteiger partial charge in [-0.25, -0.2) is 18.7 Å². The fourth-order valence-electron chi connectivity index (χ4n) is 6.30. The summed E-state index contributed by atoms with van der Waals surface area (Å²) >= 11 is 7.64. The molecular weight excluding hydrogens is 478 g/mol. The Kier molecular flexibility index (Phi) is 4.04. The Bertz CT molecular complexity index is 1600. The topological polar surface area (TPSA) is 90.9 Å². The normalized spacial score (nSPS) is 25.1. The maximum Gasteiger partial charge on any atom is 0.158 e. The van der Waals surface area contributed by atoms with Crippen molar-refractivity contribution >= 4 is 54.7 Å². The molecule has 170 valence electrons. The molecule has 0 bridgehead atoms. The van der Waals surface area contributed by atoms with Gasteiger partial charge in [0.25, 0.3) is 0 Å². The third kappa shape index (κ3) is 2.31. The summed E-state index contributed by atoms with van der Waals surface area (Å²) in [6.45, 7) is 1.88. The molecule has 3 unspecified atom stereocenters. The van der Waals surface area contributed by atoms with E-state index >= 15 is 4.39 Å². The number of fused-ring (bicyclic) bond motifs is 2. The van der Waals surface area contributed by atoms with E-state index in [1.54, 1.807) is 6.07 Å². The van der Waals surface area contributed by atoms with E-state index in [1.807, 2.05) is 6.07 Å². The summed E-state index contributed by atoms with van der Waals surface area (Å²) in [7, 11) is 0. The number of piperidine rings is 1. The van der Waals surface area contributed by atoms with Crippen LogP contribution in [-0.4, -0.2) is 35.1 Å². The first-order chi connectivity index (χ1) is 16.5. The SMILES string of the molecule is N#Cc1c(N)sc2c(F)ccc(-c3c(Cl)cc4c(N5C6CCC67CNCC57)ncnc4c3F)c12. The fourth-order valence-corrected chi connectivity index (χ4v) is 7.54. The average molecular weight is 495 g/mol. The molecule has 2 aliphatic heterocycles. The molecule has 3 aliphatic rings. The quantitative estimate of drug-likeness (QED) is 0.414. The molecule has 3 atom stereocenters. The molecule has 1 aliphatic carbocycles. The van der Waals surface area contributed by atoms with Gasteiger partial charge in [-0.2, -0.15) is 5.26 Å². The molecule has 10 heteroatoms. The lowest BCUT2D eigenvalue weighted by molar-refractivity contribution is -0.000285. The number of nitrogens with one attached hydrogen (secondary N) is 1. The highest BCUT2D eigenvalue weighted by Gasteiger charge is 2.68. The minimum atomic E-state index is -0.627. The highest BCUT2D eigenvalue weighted by Crippen LogP contribution is 2.61. The van der Waals surface area contributed by atoms with E-state index in [-0.39, 0.29) is 36.8 Å². The lowest BCUT2D eigenvalue weighted by atomic mass is 9.53. The van der Waals surface area contributed by atoms with Crippen LogP contribution in [0.5, 0.6) is 0 Å². The zero-order chi connectivity index (χ0) is 23.4. The molecular formula is C24H17ClF2N6S. The fraction of sp³-hybridized carbons (Fsp3) is 0.292. The number of aromatic nitrogens is 2. The van der Waals surface area contributed by atoms with Crippen molar-refractivity contribution in [2.75, 3.05) is 23.7 Å². The largest absolute Gasteiger partial charge is 0.389 e. The van der Waals surface area contributed by atoms with Crippen molar-refractivity contribution in [3.63, 3.8) is 0 Å². The first kappa shape index (κ1) is 20.3. The summed E-state index contributed by atoms with van der Waals surface area (Å²) in [5.74, 6) is -0.461. The number of nitrogen functional groups attached to an aromatic ring is 1. The number of rotatable bonds is 2. The second-order valence-corrected chi connectivity index (χ2v) is 10.7. The Morgan fingerprint density at radius 2 is 2.15 bits per heavy atom. The van der Waals surface area contributed by atoms with Gasteiger partial charge in [0.05, 0.1) is 21.3 Å². The number of nitriles is 1. The smallest absolute Gasteiger partial charge is 0.158 e. The summed E-state index contributed by atoms with van der Waals surface area (Å²) in [6, 6.07) is 7.09. The second kappa shape index (κ2) is 6.75. The van der Waals surface area contributed by atoms with Crippen molar-refractivity contribution in [1.29, 1.82) is 5.26 Å². The summed E-state index contributed by atoms with van der Waals surface area (Å²) in [5.41, 5.74) is 6.91. The summed E-state index contributed by atoms with van der Waals surface area (Å²) in [5, 5.41) is 14.3. The van der Waals surface area contributed by atoms with E-state index in [0.29, 0.717) is 34.3 Å². The zero-order valence-electron chi connectivity index (χ0n) is 17.7. The van der Waals surface area contributed by atoms with Gasteiger partial charge in [-0.15, -0.1) is 11.3 Å². The van der Waals surface area contributed by atoms with E-state index in [0.717, 1.165) is 30.8 Å². The van der Waals surface area contributed by atoms with Crippen LogP contribution in [0.25, 0.3) is 32.1 Å². The maximum absolute atomic E-state index is 16.1. The van der Waals surface area contributed by atoms with Crippen LogP contribution in [0.1, 0.15) is 18.4 Å². The average Bonchev–Trinajstić information content (AvgIpc) is 3.39. The number of thiophene rings is 1. The molecule has 2 saturated heterocycles. The zero-order valence-corrected chi connectivity index (χ0v) is 19.3. The van der Waals surface area contributed by atoms with Crippen LogP contribution < -0.4 is 16.0 Å². The molecule has 3 N–H and O–H groups in total. The Morgan fingerprint density at radius 1 is 1.29 bits per heavy atom. The number of hydrogen-bond donors (Lipinski definition) is 2. The summed E-state index contributed by atoms with van der Waals surface area (Å²) in [6.07, 6.45) is 3.66. The maximum atomic E-state index is 16.1. The van der Waals surface area contributed by atoms with Crippen molar-refractivity contribution < 1.29 is 8.78 Å². The first-order valence-corrected chi connectivity index (χ1v) is 12.2. The molecule has 2 aromatic heterocycles. The van der Waals surface area contributed by atoms with E-state index in [2.05, 4.69) is 20.2 Å². The minimum Gasteiger partial charge on any atom is -0.389 e.